The van der Waals surface area contributed by atoms with Gasteiger partial charge in [-0.3, -0.25) is 9.69 Å². The highest BCUT2D eigenvalue weighted by molar-refractivity contribution is 5.90. The molecule has 0 unspecified atom stereocenters. The number of carbonyl (C=O) groups is 1. The molecule has 2 aromatic heterocycles. The van der Waals surface area contributed by atoms with Crippen molar-refractivity contribution in [2.45, 2.75) is 37.8 Å². The fraction of sp³-hybridized carbons (Fsp3) is 0.409. The van der Waals surface area contributed by atoms with Gasteiger partial charge in [0.1, 0.15) is 0 Å². The van der Waals surface area contributed by atoms with E-state index in [1.807, 2.05) is 13.0 Å². The van der Waals surface area contributed by atoms with E-state index in [1.165, 1.54) is 5.56 Å². The fourth-order valence-corrected chi connectivity index (χ4v) is 5.04. The number of nitrogens with zero attached hydrogens (tertiary/aromatic N) is 5. The summed E-state index contributed by atoms with van der Waals surface area (Å²) in [6.45, 7) is 4.50. The van der Waals surface area contributed by atoms with E-state index < -0.39 is 0 Å². The first kappa shape index (κ1) is 18.9. The smallest absolute Gasteiger partial charge is 0.289 e. The van der Waals surface area contributed by atoms with Crippen LogP contribution in [-0.4, -0.2) is 50.0 Å². The lowest BCUT2D eigenvalue weighted by Gasteiger charge is -2.25. The Kier molecular flexibility index (Phi) is 4.78. The van der Waals surface area contributed by atoms with Gasteiger partial charge in [-0.1, -0.05) is 35.5 Å². The molecule has 3 atom stereocenters. The molecule has 2 fully saturated rings. The molecule has 0 radical (unpaired) electrons. The van der Waals surface area contributed by atoms with Crippen LogP contribution in [0.4, 0.5) is 0 Å². The van der Waals surface area contributed by atoms with E-state index in [0.717, 1.165) is 32.5 Å². The van der Waals surface area contributed by atoms with Gasteiger partial charge in [-0.2, -0.15) is 4.98 Å². The number of likely N-dealkylation sites (tertiary alicyclic amines) is 1. The number of fused-ring (bicyclic) bond motifs is 1. The van der Waals surface area contributed by atoms with E-state index in [4.69, 9.17) is 4.52 Å². The predicted octanol–water partition coefficient (Wildman–Crippen LogP) is 2.13. The third-order valence-corrected chi connectivity index (χ3v) is 6.25. The molecule has 1 saturated carbocycles. The van der Waals surface area contributed by atoms with E-state index in [9.17, 15) is 4.79 Å². The molecule has 1 amide bonds. The van der Waals surface area contributed by atoms with E-state index in [-0.39, 0.29) is 23.2 Å². The largest absolute Gasteiger partial charge is 0.347 e. The summed E-state index contributed by atoms with van der Waals surface area (Å²) < 4.78 is 5.66. The van der Waals surface area contributed by atoms with Gasteiger partial charge in [-0.15, -0.1) is 0 Å². The fourth-order valence-electron chi connectivity index (χ4n) is 5.04. The summed E-state index contributed by atoms with van der Waals surface area (Å²) in [5.74, 6) is 1.63. The van der Waals surface area contributed by atoms with Gasteiger partial charge in [0, 0.05) is 38.1 Å². The number of carbonyl (C=O) groups excluding carboxylic acids is 1. The van der Waals surface area contributed by atoms with Crippen molar-refractivity contribution in [2.75, 3.05) is 13.1 Å². The van der Waals surface area contributed by atoms with Crippen LogP contribution >= 0.6 is 0 Å². The maximum atomic E-state index is 12.6. The number of benzene rings is 1. The number of hydrogen-bond donors (Lipinski definition) is 1. The molecule has 3 aromatic rings. The second-order valence-corrected chi connectivity index (χ2v) is 8.34. The van der Waals surface area contributed by atoms with Gasteiger partial charge in [0.15, 0.2) is 5.82 Å². The Morgan fingerprint density at radius 2 is 2.03 bits per heavy atom. The van der Waals surface area contributed by atoms with Crippen molar-refractivity contribution in [3.63, 3.8) is 0 Å². The van der Waals surface area contributed by atoms with Crippen molar-refractivity contribution < 1.29 is 9.32 Å². The molecule has 2 aliphatic rings. The Labute approximate surface area is 174 Å². The number of nitrogens with one attached hydrogen (secondary N) is 1. The molecular weight excluding hydrogens is 380 g/mol. The third kappa shape index (κ3) is 3.47. The first-order valence-corrected chi connectivity index (χ1v) is 10.3. The minimum absolute atomic E-state index is 0.0254. The third-order valence-electron chi connectivity index (χ3n) is 6.25. The van der Waals surface area contributed by atoms with Crippen LogP contribution in [0, 0.1) is 12.8 Å². The van der Waals surface area contributed by atoms with Crippen LogP contribution in [-0.2, 0) is 12.0 Å². The molecule has 1 aliphatic heterocycles. The molecule has 0 spiro atoms. The van der Waals surface area contributed by atoms with Crippen molar-refractivity contribution in [3.05, 3.63) is 71.9 Å². The summed E-state index contributed by atoms with van der Waals surface area (Å²) >= 11 is 0. The van der Waals surface area contributed by atoms with Crippen molar-refractivity contribution in [2.24, 2.45) is 5.92 Å². The number of aryl methyl sites for hydroxylation is 1. The van der Waals surface area contributed by atoms with Gasteiger partial charge >= 0.3 is 0 Å². The zero-order valence-electron chi connectivity index (χ0n) is 16.9. The Morgan fingerprint density at radius 3 is 2.77 bits per heavy atom. The lowest BCUT2D eigenvalue weighted by Crippen LogP contribution is -2.38. The lowest BCUT2D eigenvalue weighted by molar-refractivity contribution is 0.0923. The SMILES string of the molecule is Cc1noc([C@]23C[C@H](NC(=O)c4ncccn4)C[C@H]2CN(Cc2ccccc2)C3)n1. The second kappa shape index (κ2) is 7.60. The number of amides is 1. The minimum Gasteiger partial charge on any atom is -0.347 e. The van der Waals surface area contributed by atoms with E-state index in [2.05, 4.69) is 54.6 Å². The topological polar surface area (TPSA) is 97.0 Å². The molecule has 1 saturated heterocycles. The Balaban J connectivity index is 1.35. The van der Waals surface area contributed by atoms with Gasteiger partial charge < -0.3 is 9.84 Å². The summed E-state index contributed by atoms with van der Waals surface area (Å²) in [5.41, 5.74) is 1.05. The number of hydrogen-bond acceptors (Lipinski definition) is 7. The Hall–Kier alpha value is -3.13. The quantitative estimate of drug-likeness (QED) is 0.696. The number of rotatable bonds is 5. The van der Waals surface area contributed by atoms with E-state index in [1.54, 1.807) is 18.5 Å². The molecule has 1 N–H and O–H groups in total. The van der Waals surface area contributed by atoms with Gasteiger partial charge in [0.25, 0.3) is 5.91 Å². The van der Waals surface area contributed by atoms with Crippen molar-refractivity contribution in [1.82, 2.24) is 30.3 Å². The first-order chi connectivity index (χ1) is 14.6. The molecule has 8 nitrogen and oxygen atoms in total. The molecule has 5 rings (SSSR count). The highest BCUT2D eigenvalue weighted by Crippen LogP contribution is 2.50. The summed E-state index contributed by atoms with van der Waals surface area (Å²) in [5, 5.41) is 7.16. The average molecular weight is 404 g/mol. The average Bonchev–Trinajstić information content (AvgIpc) is 3.42. The molecule has 154 valence electrons. The standard InChI is InChI=1S/C22H24N6O2/c1-15-25-21(30-27-15)22-11-18(26-20(29)19-23-8-5-9-24-19)10-17(22)13-28(14-22)12-16-6-3-2-4-7-16/h2-9,17-18H,10-14H2,1H3,(H,26,29)/t17-,18+,22-/m0/s1. The summed E-state index contributed by atoms with van der Waals surface area (Å²) in [6.07, 6.45) is 4.79. The maximum absolute atomic E-state index is 12.6. The molecule has 1 aromatic carbocycles. The van der Waals surface area contributed by atoms with E-state index in [0.29, 0.717) is 17.6 Å². The number of aromatic nitrogens is 4. The van der Waals surface area contributed by atoms with Crippen LogP contribution in [0.25, 0.3) is 0 Å². The van der Waals surface area contributed by atoms with Crippen LogP contribution in [0.3, 0.4) is 0 Å². The summed E-state index contributed by atoms with van der Waals surface area (Å²) in [4.78, 5) is 27.7. The van der Waals surface area contributed by atoms with Gasteiger partial charge in [0.2, 0.25) is 11.7 Å². The lowest BCUT2D eigenvalue weighted by atomic mass is 9.80. The highest BCUT2D eigenvalue weighted by atomic mass is 16.5. The molecule has 30 heavy (non-hydrogen) atoms. The predicted molar refractivity (Wildman–Crippen MR) is 108 cm³/mol. The van der Waals surface area contributed by atoms with Crippen molar-refractivity contribution in [3.8, 4) is 0 Å². The van der Waals surface area contributed by atoms with Gasteiger partial charge in [0.05, 0.1) is 5.41 Å². The first-order valence-electron chi connectivity index (χ1n) is 10.3. The molecule has 1 aliphatic carbocycles. The maximum Gasteiger partial charge on any atom is 0.289 e. The van der Waals surface area contributed by atoms with Gasteiger partial charge in [-0.05, 0) is 37.3 Å². The monoisotopic (exact) mass is 404 g/mol. The van der Waals surface area contributed by atoms with Crippen LogP contribution in [0.2, 0.25) is 0 Å². The summed E-state index contributed by atoms with van der Waals surface area (Å²) in [7, 11) is 0. The highest BCUT2D eigenvalue weighted by Gasteiger charge is 2.57. The van der Waals surface area contributed by atoms with Gasteiger partial charge in [-0.25, -0.2) is 9.97 Å². The van der Waals surface area contributed by atoms with Crippen molar-refractivity contribution >= 4 is 5.91 Å². The van der Waals surface area contributed by atoms with Crippen LogP contribution in [0.5, 0.6) is 0 Å². The van der Waals surface area contributed by atoms with Crippen LogP contribution in [0.15, 0.2) is 53.3 Å². The Bertz CT molecular complexity index is 1020. The van der Waals surface area contributed by atoms with Crippen molar-refractivity contribution in [1.29, 1.82) is 0 Å². The molecule has 0 bridgehead atoms. The van der Waals surface area contributed by atoms with Crippen LogP contribution in [0.1, 0.15) is 40.7 Å². The van der Waals surface area contributed by atoms with Crippen LogP contribution < -0.4 is 5.32 Å². The zero-order valence-corrected chi connectivity index (χ0v) is 16.9. The van der Waals surface area contributed by atoms with E-state index >= 15 is 0 Å². The molecule has 8 heteroatoms. The molecule has 3 heterocycles. The second-order valence-electron chi connectivity index (χ2n) is 8.34. The normalized spacial score (nSPS) is 25.9. The zero-order chi connectivity index (χ0) is 20.6. The Morgan fingerprint density at radius 1 is 1.23 bits per heavy atom. The minimum atomic E-state index is -0.245. The summed E-state index contributed by atoms with van der Waals surface area (Å²) in [6, 6.07) is 12.2. The molecular formula is C22H24N6O2.